The number of ketones is 1. The Hall–Kier alpha value is -3.05. The van der Waals surface area contributed by atoms with E-state index in [9.17, 15) is 9.59 Å². The number of fused-ring (bicyclic) bond motifs is 1. The van der Waals surface area contributed by atoms with Crippen LogP contribution in [0.5, 0.6) is 0 Å². The second kappa shape index (κ2) is 8.36. The second-order valence-corrected chi connectivity index (χ2v) is 6.06. The maximum atomic E-state index is 12.4. The molecule has 0 unspecified atom stereocenters. The molecule has 0 radical (unpaired) electrons. The van der Waals surface area contributed by atoms with Crippen LogP contribution in [0, 0.1) is 0 Å². The van der Waals surface area contributed by atoms with E-state index in [-0.39, 0.29) is 11.7 Å². The quantitative estimate of drug-likeness (QED) is 0.842. The van der Waals surface area contributed by atoms with Gasteiger partial charge in [0.25, 0.3) is 0 Å². The molecule has 2 heterocycles. The standard InChI is InChI=1S/C21H20N2O3/c24-15-20(25)10-8-18-6-3-7-19(22-18)9-11-21(26)23-13-12-16-4-1-2-5-17(16)14-23/h1-11,24H,12-15H2/b10-8+,11-9+. The SMILES string of the molecule is O=C(/C=C/c1cccc(/C=C/C(=O)N2CCc3ccccc3C2)n1)CO. The molecule has 0 saturated carbocycles. The predicted octanol–water partition coefficient (Wildman–Crippen LogP) is 2.25. The molecule has 1 aliphatic rings. The van der Waals surface area contributed by atoms with Gasteiger partial charge < -0.3 is 10.0 Å². The second-order valence-electron chi connectivity index (χ2n) is 6.06. The average Bonchev–Trinajstić information content (AvgIpc) is 2.70. The zero-order chi connectivity index (χ0) is 18.4. The molecule has 0 aliphatic carbocycles. The summed E-state index contributed by atoms with van der Waals surface area (Å²) in [5, 5.41) is 8.72. The van der Waals surface area contributed by atoms with Crippen LogP contribution >= 0.6 is 0 Å². The van der Waals surface area contributed by atoms with E-state index in [4.69, 9.17) is 5.11 Å². The van der Waals surface area contributed by atoms with Crippen molar-refractivity contribution in [3.05, 3.63) is 77.1 Å². The van der Waals surface area contributed by atoms with Gasteiger partial charge >= 0.3 is 0 Å². The van der Waals surface area contributed by atoms with Crippen molar-refractivity contribution in [3.63, 3.8) is 0 Å². The molecule has 26 heavy (non-hydrogen) atoms. The Bertz CT molecular complexity index is 871. The number of carbonyl (C=O) groups excluding carboxylic acids is 2. The van der Waals surface area contributed by atoms with E-state index in [1.807, 2.05) is 17.0 Å². The summed E-state index contributed by atoms with van der Waals surface area (Å²) in [4.78, 5) is 29.7. The zero-order valence-corrected chi connectivity index (χ0v) is 14.3. The van der Waals surface area contributed by atoms with Crippen molar-refractivity contribution in [1.29, 1.82) is 0 Å². The lowest BCUT2D eigenvalue weighted by molar-refractivity contribution is -0.126. The first-order valence-corrected chi connectivity index (χ1v) is 8.48. The van der Waals surface area contributed by atoms with Crippen LogP contribution in [-0.2, 0) is 22.6 Å². The molecule has 0 bridgehead atoms. The monoisotopic (exact) mass is 348 g/mol. The van der Waals surface area contributed by atoms with Gasteiger partial charge in [0.1, 0.15) is 6.61 Å². The van der Waals surface area contributed by atoms with Gasteiger partial charge in [-0.1, -0.05) is 30.3 Å². The molecule has 1 N–H and O–H groups in total. The van der Waals surface area contributed by atoms with Crippen LogP contribution in [0.3, 0.4) is 0 Å². The topological polar surface area (TPSA) is 70.5 Å². The van der Waals surface area contributed by atoms with Gasteiger partial charge in [0.2, 0.25) is 5.91 Å². The molecule has 0 atom stereocenters. The highest BCUT2D eigenvalue weighted by Crippen LogP contribution is 2.18. The largest absolute Gasteiger partial charge is 0.388 e. The summed E-state index contributed by atoms with van der Waals surface area (Å²) in [6.45, 7) is 0.808. The molecule has 0 spiro atoms. The summed E-state index contributed by atoms with van der Waals surface area (Å²) < 4.78 is 0. The zero-order valence-electron chi connectivity index (χ0n) is 14.3. The minimum absolute atomic E-state index is 0.0438. The molecule has 3 rings (SSSR count). The first-order chi connectivity index (χ1) is 12.7. The van der Waals surface area contributed by atoms with Crippen LogP contribution in [0.1, 0.15) is 22.5 Å². The van der Waals surface area contributed by atoms with Gasteiger partial charge in [-0.05, 0) is 47.9 Å². The number of rotatable bonds is 5. The third-order valence-electron chi connectivity index (χ3n) is 4.23. The summed E-state index contributed by atoms with van der Waals surface area (Å²) in [7, 11) is 0. The van der Waals surface area contributed by atoms with Gasteiger partial charge in [-0.2, -0.15) is 0 Å². The molecule has 2 aromatic rings. The van der Waals surface area contributed by atoms with Crippen LogP contribution in [0.15, 0.2) is 54.6 Å². The van der Waals surface area contributed by atoms with Gasteiger partial charge in [0.05, 0.1) is 11.4 Å². The molecular weight excluding hydrogens is 328 g/mol. The fourth-order valence-electron chi connectivity index (χ4n) is 2.83. The normalized spacial score (nSPS) is 14.0. The van der Waals surface area contributed by atoms with Crippen LogP contribution in [0.4, 0.5) is 0 Å². The third kappa shape index (κ3) is 4.52. The van der Waals surface area contributed by atoms with Gasteiger partial charge in [0.15, 0.2) is 5.78 Å². The Balaban J connectivity index is 1.65. The molecule has 132 valence electrons. The molecule has 1 amide bonds. The number of hydrogen-bond acceptors (Lipinski definition) is 4. The summed E-state index contributed by atoms with van der Waals surface area (Å²) >= 11 is 0. The van der Waals surface area contributed by atoms with Gasteiger partial charge in [0, 0.05) is 19.2 Å². The number of aliphatic hydroxyl groups is 1. The van der Waals surface area contributed by atoms with Crippen LogP contribution in [0.2, 0.25) is 0 Å². The summed E-state index contributed by atoms with van der Waals surface area (Å²) in [6, 6.07) is 13.5. The van der Waals surface area contributed by atoms with Crippen molar-refractivity contribution in [2.24, 2.45) is 0 Å². The lowest BCUT2D eigenvalue weighted by Crippen LogP contribution is -2.34. The average molecular weight is 348 g/mol. The lowest BCUT2D eigenvalue weighted by atomic mass is 10.00. The van der Waals surface area contributed by atoms with E-state index < -0.39 is 6.61 Å². The molecule has 5 heteroatoms. The number of aliphatic hydroxyl groups excluding tert-OH is 1. The van der Waals surface area contributed by atoms with Crippen molar-refractivity contribution < 1.29 is 14.7 Å². The van der Waals surface area contributed by atoms with E-state index in [0.717, 1.165) is 6.42 Å². The smallest absolute Gasteiger partial charge is 0.246 e. The fourth-order valence-corrected chi connectivity index (χ4v) is 2.83. The van der Waals surface area contributed by atoms with Gasteiger partial charge in [-0.15, -0.1) is 0 Å². The Morgan fingerprint density at radius 3 is 2.42 bits per heavy atom. The maximum Gasteiger partial charge on any atom is 0.246 e. The first kappa shape index (κ1) is 17.8. The highest BCUT2D eigenvalue weighted by atomic mass is 16.3. The number of carbonyl (C=O) groups is 2. The Kier molecular flexibility index (Phi) is 5.71. The van der Waals surface area contributed by atoms with Crippen molar-refractivity contribution in [3.8, 4) is 0 Å². The highest BCUT2D eigenvalue weighted by Gasteiger charge is 2.18. The molecule has 5 nitrogen and oxygen atoms in total. The minimum Gasteiger partial charge on any atom is -0.388 e. The summed E-state index contributed by atoms with van der Waals surface area (Å²) in [5.74, 6) is -0.425. The third-order valence-corrected chi connectivity index (χ3v) is 4.23. The molecule has 0 saturated heterocycles. The van der Waals surface area contributed by atoms with Crippen LogP contribution < -0.4 is 0 Å². The van der Waals surface area contributed by atoms with E-state index in [1.165, 1.54) is 23.3 Å². The maximum absolute atomic E-state index is 12.4. The molecule has 1 aliphatic heterocycles. The van der Waals surface area contributed by atoms with E-state index in [2.05, 4.69) is 17.1 Å². The summed E-state index contributed by atoms with van der Waals surface area (Å²) in [5.41, 5.74) is 3.72. The number of benzene rings is 1. The predicted molar refractivity (Wildman–Crippen MR) is 100.0 cm³/mol. The Labute approximate surface area is 152 Å². The number of amides is 1. The van der Waals surface area contributed by atoms with Gasteiger partial charge in [-0.25, -0.2) is 4.98 Å². The molecule has 1 aromatic heterocycles. The Morgan fingerprint density at radius 1 is 1.00 bits per heavy atom. The number of aromatic nitrogens is 1. The van der Waals surface area contributed by atoms with E-state index >= 15 is 0 Å². The minimum atomic E-state index is -0.524. The van der Waals surface area contributed by atoms with Crippen molar-refractivity contribution in [2.45, 2.75) is 13.0 Å². The van der Waals surface area contributed by atoms with Crippen LogP contribution in [-0.4, -0.2) is 39.8 Å². The molecule has 0 fully saturated rings. The van der Waals surface area contributed by atoms with Crippen LogP contribution in [0.25, 0.3) is 12.2 Å². The molecule has 1 aromatic carbocycles. The van der Waals surface area contributed by atoms with E-state index in [1.54, 1.807) is 30.4 Å². The van der Waals surface area contributed by atoms with Crippen molar-refractivity contribution >= 4 is 23.8 Å². The first-order valence-electron chi connectivity index (χ1n) is 8.48. The van der Waals surface area contributed by atoms with Crippen molar-refractivity contribution in [1.82, 2.24) is 9.88 Å². The lowest BCUT2D eigenvalue weighted by Gasteiger charge is -2.27. The summed E-state index contributed by atoms with van der Waals surface area (Å²) in [6.07, 6.45) is 6.90. The van der Waals surface area contributed by atoms with Crippen molar-refractivity contribution in [2.75, 3.05) is 13.2 Å². The van der Waals surface area contributed by atoms with E-state index in [0.29, 0.717) is 24.5 Å². The number of nitrogens with zero attached hydrogens (tertiary/aromatic N) is 2. The molecular formula is C21H20N2O3. The Morgan fingerprint density at radius 2 is 1.69 bits per heavy atom. The number of hydrogen-bond donors (Lipinski definition) is 1. The van der Waals surface area contributed by atoms with Gasteiger partial charge in [-0.3, -0.25) is 9.59 Å². The number of pyridine rings is 1. The highest BCUT2D eigenvalue weighted by molar-refractivity contribution is 5.94. The fraction of sp³-hybridized carbons (Fsp3) is 0.190.